The average molecular weight is 729 g/mol. The predicted octanol–water partition coefficient (Wildman–Crippen LogP) is 2.08. The number of hydrogen-bond acceptors (Lipinski definition) is 11. The summed E-state index contributed by atoms with van der Waals surface area (Å²) in [5, 5.41) is 18.3. The van der Waals surface area contributed by atoms with E-state index in [1.54, 1.807) is 0 Å². The van der Waals surface area contributed by atoms with E-state index >= 15 is 0 Å². The second kappa shape index (κ2) is 14.7. The maximum atomic E-state index is 12.8. The minimum absolute atomic E-state index is 0.0269. The number of nitrogens with zero attached hydrogens (tertiary/aromatic N) is 6. The van der Waals surface area contributed by atoms with Gasteiger partial charge in [0.05, 0.1) is 13.2 Å². The highest BCUT2D eigenvalue weighted by Gasteiger charge is 2.48. The number of nitrogens with one attached hydrogen (secondary N) is 4. The zero-order chi connectivity index (χ0) is 36.2. The van der Waals surface area contributed by atoms with Gasteiger partial charge >= 0.3 is 0 Å². The first-order valence-electron chi connectivity index (χ1n) is 15.8. The first-order chi connectivity index (χ1) is 23.6. The van der Waals surface area contributed by atoms with Crippen molar-refractivity contribution in [3.8, 4) is 22.8 Å². The summed E-state index contributed by atoms with van der Waals surface area (Å²) in [4.78, 5) is 33.5. The molecular weight excluding hydrogens is 689 g/mol. The Morgan fingerprint density at radius 1 is 0.660 bits per heavy atom. The van der Waals surface area contributed by atoms with Crippen LogP contribution in [0.1, 0.15) is 34.1 Å². The number of ether oxygens (including phenoxy) is 1. The number of H-pyrrole nitrogens is 2. The largest absolute Gasteiger partial charge is 0.379 e. The van der Waals surface area contributed by atoms with Gasteiger partial charge < -0.3 is 4.74 Å². The lowest BCUT2D eigenvalue weighted by Crippen LogP contribution is -2.55. The van der Waals surface area contributed by atoms with Crippen LogP contribution in [0.25, 0.3) is 22.8 Å². The second-order valence-electron chi connectivity index (χ2n) is 12.5. The molecule has 2 aliphatic rings. The van der Waals surface area contributed by atoms with Crippen molar-refractivity contribution in [1.82, 2.24) is 39.0 Å². The monoisotopic (exact) mass is 728 g/mol. The molecule has 4 heterocycles. The lowest BCUT2D eigenvalue weighted by Gasteiger charge is -2.36. The van der Waals surface area contributed by atoms with E-state index in [0.717, 1.165) is 17.5 Å². The molecule has 2 aliphatic heterocycles. The lowest BCUT2D eigenvalue weighted by atomic mass is 10.2. The van der Waals surface area contributed by atoms with Gasteiger partial charge in [0.15, 0.2) is 21.1 Å². The Morgan fingerprint density at radius 2 is 1.04 bits per heavy atom. The van der Waals surface area contributed by atoms with Crippen LogP contribution in [-0.4, -0.2) is 117 Å². The maximum Gasteiger partial charge on any atom is 0.249 e. The van der Waals surface area contributed by atoms with Gasteiger partial charge in [-0.1, -0.05) is 60.7 Å². The van der Waals surface area contributed by atoms with E-state index in [9.17, 15) is 26.4 Å². The molecule has 0 atom stereocenters. The molecule has 17 nitrogen and oxygen atoms in total. The van der Waals surface area contributed by atoms with Crippen molar-refractivity contribution in [2.75, 3.05) is 50.0 Å². The van der Waals surface area contributed by atoms with Crippen molar-refractivity contribution in [1.29, 1.82) is 0 Å². The number of amides is 2. The fraction of sp³-hybridized carbons (Fsp3) is 0.419. The lowest BCUT2D eigenvalue weighted by molar-refractivity contribution is -0.118. The quantitative estimate of drug-likeness (QED) is 0.185. The molecule has 0 unspecified atom stereocenters. The summed E-state index contributed by atoms with van der Waals surface area (Å²) in [6.45, 7) is 7.54. The molecule has 2 fully saturated rings. The highest BCUT2D eigenvalue weighted by Crippen LogP contribution is 2.27. The smallest absolute Gasteiger partial charge is 0.249 e. The zero-order valence-corrected chi connectivity index (χ0v) is 29.7. The molecule has 0 spiro atoms. The van der Waals surface area contributed by atoms with Gasteiger partial charge in [-0.05, 0) is 34.1 Å². The van der Waals surface area contributed by atoms with Crippen LogP contribution in [0.3, 0.4) is 0 Å². The number of aromatic nitrogens is 6. The van der Waals surface area contributed by atoms with Crippen molar-refractivity contribution in [2.45, 2.75) is 43.6 Å². The fourth-order valence-corrected chi connectivity index (χ4v) is 8.01. The van der Waals surface area contributed by atoms with E-state index in [1.165, 1.54) is 36.3 Å². The van der Waals surface area contributed by atoms with E-state index in [-0.39, 0.29) is 25.0 Å². The average Bonchev–Trinajstić information content (AvgIpc) is 3.75. The van der Waals surface area contributed by atoms with Crippen molar-refractivity contribution in [3.63, 3.8) is 0 Å². The van der Waals surface area contributed by atoms with Crippen LogP contribution >= 0.6 is 0 Å². The molecule has 6 rings (SSSR count). The van der Waals surface area contributed by atoms with Crippen LogP contribution in [0.2, 0.25) is 0 Å². The number of carbonyl (C=O) groups excluding carboxylic acids is 2. The molecule has 268 valence electrons. The Labute approximate surface area is 290 Å². The molecular formula is C31H40N10O7S2. The van der Waals surface area contributed by atoms with Gasteiger partial charge in [-0.15, -0.1) is 10.2 Å². The number of sulfonamides is 2. The van der Waals surface area contributed by atoms with Gasteiger partial charge in [-0.25, -0.2) is 21.1 Å². The number of benzene rings is 2. The fourth-order valence-electron chi connectivity index (χ4n) is 4.78. The van der Waals surface area contributed by atoms with Gasteiger partial charge in [-0.3, -0.25) is 30.4 Å². The molecule has 2 aromatic carbocycles. The second-order valence-corrected chi connectivity index (χ2v) is 17.4. The first kappa shape index (κ1) is 36.7. The Bertz CT molecular complexity index is 2010. The standard InChI is InChI=1S/C16H21N5O4S.C15H19N5O3S/c1-16(2,26(23,24)21-8-10-25-11-9-21)14(22)18-15-17-13(19-20-15)12-6-4-3-5-7-12;1-15(2,24(22,23)20-9-6-10-20)13(21)17-14-16-12(18-19-14)11-7-4-3-5-8-11/h3-7H,8-11H2,1-2H3,(H2,17,18,19,20,22);3-5,7-8H,6,9-10H2,1-2H3,(H2,16,17,18,19,21). The highest BCUT2D eigenvalue weighted by molar-refractivity contribution is 7.91. The molecule has 19 heteroatoms. The Kier molecular flexibility index (Phi) is 10.8. The van der Waals surface area contributed by atoms with Gasteiger partial charge in [0.1, 0.15) is 0 Å². The summed E-state index contributed by atoms with van der Waals surface area (Å²) in [7, 11) is -7.56. The summed E-state index contributed by atoms with van der Waals surface area (Å²) >= 11 is 0. The number of rotatable bonds is 10. The van der Waals surface area contributed by atoms with E-state index in [1.807, 2.05) is 60.7 Å². The molecule has 2 aromatic heterocycles. The molecule has 2 saturated heterocycles. The first-order valence-corrected chi connectivity index (χ1v) is 18.7. The van der Waals surface area contributed by atoms with Gasteiger partial charge in [-0.2, -0.15) is 14.3 Å². The molecule has 4 N–H and O–H groups in total. The van der Waals surface area contributed by atoms with E-state index in [4.69, 9.17) is 4.74 Å². The minimum atomic E-state index is -3.85. The molecule has 2 amide bonds. The minimum Gasteiger partial charge on any atom is -0.379 e. The van der Waals surface area contributed by atoms with Crippen molar-refractivity contribution < 1.29 is 31.2 Å². The van der Waals surface area contributed by atoms with Crippen LogP contribution < -0.4 is 10.6 Å². The molecule has 0 radical (unpaired) electrons. The molecule has 0 aliphatic carbocycles. The van der Waals surface area contributed by atoms with Crippen LogP contribution in [0, 0.1) is 0 Å². The third kappa shape index (κ3) is 7.60. The molecule has 0 bridgehead atoms. The number of hydrogen-bond donors (Lipinski definition) is 4. The van der Waals surface area contributed by atoms with Gasteiger partial charge in [0, 0.05) is 37.3 Å². The number of carbonyl (C=O) groups is 2. The number of morpholine rings is 1. The summed E-state index contributed by atoms with van der Waals surface area (Å²) in [6, 6.07) is 18.6. The molecule has 50 heavy (non-hydrogen) atoms. The summed E-state index contributed by atoms with van der Waals surface area (Å²) in [5.41, 5.74) is 1.62. The highest BCUT2D eigenvalue weighted by atomic mass is 32.2. The predicted molar refractivity (Wildman–Crippen MR) is 185 cm³/mol. The topological polar surface area (TPSA) is 225 Å². The number of aromatic amines is 2. The summed E-state index contributed by atoms with van der Waals surface area (Å²) in [6.07, 6.45) is 0.818. The van der Waals surface area contributed by atoms with Crippen molar-refractivity contribution in [2.24, 2.45) is 0 Å². The van der Waals surface area contributed by atoms with Crippen molar-refractivity contribution >= 4 is 43.8 Å². The van der Waals surface area contributed by atoms with E-state index in [2.05, 4.69) is 41.0 Å². The summed E-state index contributed by atoms with van der Waals surface area (Å²) < 4.78 is 55.2. The molecule has 0 saturated carbocycles. The van der Waals surface area contributed by atoms with Crippen LogP contribution in [-0.2, 0) is 34.4 Å². The van der Waals surface area contributed by atoms with Crippen molar-refractivity contribution in [3.05, 3.63) is 60.7 Å². The van der Waals surface area contributed by atoms with Crippen LogP contribution in [0.5, 0.6) is 0 Å². The van der Waals surface area contributed by atoms with Gasteiger partial charge in [0.25, 0.3) is 0 Å². The number of anilines is 2. The van der Waals surface area contributed by atoms with E-state index < -0.39 is 41.4 Å². The normalized spacial score (nSPS) is 16.1. The zero-order valence-electron chi connectivity index (χ0n) is 28.1. The third-order valence-corrected chi connectivity index (χ3v) is 13.4. The third-order valence-electron chi connectivity index (χ3n) is 8.36. The summed E-state index contributed by atoms with van der Waals surface area (Å²) in [5.74, 6) is -0.301. The van der Waals surface area contributed by atoms with Crippen LogP contribution in [0.15, 0.2) is 60.7 Å². The Morgan fingerprint density at radius 3 is 1.40 bits per heavy atom. The van der Waals surface area contributed by atoms with E-state index in [0.29, 0.717) is 38.0 Å². The van der Waals surface area contributed by atoms with Gasteiger partial charge in [0.2, 0.25) is 43.8 Å². The maximum absolute atomic E-state index is 12.8. The molecule has 4 aromatic rings. The Hall–Kier alpha value is -4.56. The Balaban J connectivity index is 0.000000195. The van der Waals surface area contributed by atoms with Crippen LogP contribution in [0.4, 0.5) is 11.9 Å². The SMILES string of the molecule is CC(C)(C(=O)Nc1n[nH]c(-c2ccccc2)n1)S(=O)(=O)N1CCC1.CC(C)(C(=O)Nc1n[nH]c(-c2ccccc2)n1)S(=O)(=O)N1CCOCC1.